The number of carbonyl (C=O) groups is 2. The lowest BCUT2D eigenvalue weighted by molar-refractivity contribution is -0.858. The summed E-state index contributed by atoms with van der Waals surface area (Å²) in [7, 11) is 8.96. The van der Waals surface area contributed by atoms with Gasteiger partial charge in [0.2, 0.25) is 0 Å². The fourth-order valence-corrected chi connectivity index (χ4v) is 3.90. The van der Waals surface area contributed by atoms with Gasteiger partial charge in [0, 0.05) is 17.4 Å². The lowest BCUT2D eigenvalue weighted by Gasteiger charge is -2.18. The van der Waals surface area contributed by atoms with Gasteiger partial charge in [0.05, 0.1) is 41.3 Å². The zero-order valence-electron chi connectivity index (χ0n) is 30.4. The molecule has 6 heteroatoms. The Morgan fingerprint density at radius 1 is 0.476 bits per heavy atom. The van der Waals surface area contributed by atoms with Crippen LogP contribution in [0.2, 0.25) is 0 Å². The lowest BCUT2D eigenvalue weighted by atomic mass is 9.98. The van der Waals surface area contributed by atoms with Gasteiger partial charge >= 0.3 is 0 Å². The maximum absolute atomic E-state index is 9.91. The highest BCUT2D eigenvalue weighted by Gasteiger charge is 2.09. The van der Waals surface area contributed by atoms with Gasteiger partial charge in [-0.25, -0.2) is 0 Å². The topological polar surface area (TPSA) is 89.1 Å². The van der Waals surface area contributed by atoms with Crippen LogP contribution in [0, 0.1) is 5.41 Å². The van der Waals surface area contributed by atoms with Crippen LogP contribution >= 0.6 is 0 Å². The molecular formula is C36H78N2O4. The van der Waals surface area contributed by atoms with E-state index < -0.39 is 17.4 Å². The molecule has 0 aliphatic carbocycles. The molecule has 0 radical (unpaired) electrons. The van der Waals surface area contributed by atoms with Crippen molar-refractivity contribution in [1.82, 2.24) is 0 Å². The van der Waals surface area contributed by atoms with Crippen molar-refractivity contribution >= 4 is 11.9 Å². The van der Waals surface area contributed by atoms with Gasteiger partial charge in [0.25, 0.3) is 0 Å². The number of rotatable bonds is 23. The van der Waals surface area contributed by atoms with Crippen molar-refractivity contribution in [2.75, 3.05) is 41.3 Å². The number of aliphatic carboxylic acids is 2. The molecule has 0 fully saturated rings. The fourth-order valence-electron chi connectivity index (χ4n) is 3.90. The molecule has 0 aliphatic rings. The van der Waals surface area contributed by atoms with Crippen LogP contribution in [0.5, 0.6) is 0 Å². The van der Waals surface area contributed by atoms with Gasteiger partial charge in [-0.05, 0) is 38.5 Å². The first kappa shape index (κ1) is 47.8. The first-order chi connectivity index (χ1) is 19.8. The van der Waals surface area contributed by atoms with E-state index in [1.54, 1.807) is 30.6 Å². The van der Waals surface area contributed by atoms with Gasteiger partial charge in [-0.15, -0.1) is 0 Å². The van der Waals surface area contributed by atoms with Crippen LogP contribution in [0.15, 0.2) is 0 Å². The summed E-state index contributed by atoms with van der Waals surface area (Å²) >= 11 is 0. The Balaban J connectivity index is -0.000000242. The van der Waals surface area contributed by atoms with E-state index in [1.165, 1.54) is 129 Å². The van der Waals surface area contributed by atoms with Crippen molar-refractivity contribution in [1.29, 1.82) is 0 Å². The molecule has 0 spiro atoms. The zero-order chi connectivity index (χ0) is 33.1. The van der Waals surface area contributed by atoms with Crippen LogP contribution in [-0.2, 0) is 9.59 Å². The van der Waals surface area contributed by atoms with Gasteiger partial charge in [-0.2, -0.15) is 0 Å². The van der Waals surface area contributed by atoms with Crippen LogP contribution in [0.4, 0.5) is 0 Å². The predicted octanol–water partition coefficient (Wildman–Crippen LogP) is 5.03. The standard InChI is InChI=1S/C14H31N.C12H27N.2C5H10O2/c1-4-5-6-7-8-9-10-11-12-13-14-15(2)3;1-4-5-6-7-8-9-10-11-12-13(2)3;1-5(2,3)4(6)7;1-2-3-4-5(6)7/h4-14H2,1-3H3;4-12H2,1-3H3;1-3H3,(H,6,7);2-4H2,1H3,(H,6,7). The number of carboxylic acids is 2. The molecule has 0 rings (SSSR count). The monoisotopic (exact) mass is 603 g/mol. The summed E-state index contributed by atoms with van der Waals surface area (Å²) in [6.45, 7) is 14.0. The maximum Gasteiger partial charge on any atom is 0.0766 e. The number of carboxylic acid groups (broad SMARTS) is 2. The van der Waals surface area contributed by atoms with E-state index in [0.717, 1.165) is 12.8 Å². The summed E-state index contributed by atoms with van der Waals surface area (Å²) in [4.78, 5) is 22.7. The van der Waals surface area contributed by atoms with E-state index in [2.05, 4.69) is 42.0 Å². The van der Waals surface area contributed by atoms with Gasteiger partial charge < -0.3 is 29.6 Å². The number of nitrogens with one attached hydrogen (secondary N) is 2. The maximum atomic E-state index is 9.91. The molecule has 0 unspecified atom stereocenters. The summed E-state index contributed by atoms with van der Waals surface area (Å²) in [6.07, 6.45) is 27.8. The van der Waals surface area contributed by atoms with Crippen molar-refractivity contribution in [2.45, 2.75) is 176 Å². The third kappa shape index (κ3) is 58.5. The average molecular weight is 603 g/mol. The Labute approximate surface area is 264 Å². The molecular weight excluding hydrogens is 524 g/mol. The van der Waals surface area contributed by atoms with Gasteiger partial charge in [0.1, 0.15) is 0 Å². The summed E-state index contributed by atoms with van der Waals surface area (Å²) < 4.78 is 0. The molecule has 256 valence electrons. The number of unbranched alkanes of at least 4 members (excludes halogenated alkanes) is 17. The Morgan fingerprint density at radius 2 is 0.714 bits per heavy atom. The quantitative estimate of drug-likeness (QED) is 0.161. The van der Waals surface area contributed by atoms with Crippen LogP contribution in [0.25, 0.3) is 0 Å². The van der Waals surface area contributed by atoms with E-state index in [-0.39, 0.29) is 6.42 Å². The molecule has 0 heterocycles. The first-order valence-electron chi connectivity index (χ1n) is 17.7. The average Bonchev–Trinajstić information content (AvgIpc) is 2.90. The third-order valence-electron chi connectivity index (χ3n) is 6.91. The van der Waals surface area contributed by atoms with Crippen LogP contribution in [0.1, 0.15) is 176 Å². The molecule has 0 amide bonds. The van der Waals surface area contributed by atoms with Crippen molar-refractivity contribution in [3.8, 4) is 0 Å². The Bertz CT molecular complexity index is 531. The molecule has 0 aromatic carbocycles. The van der Waals surface area contributed by atoms with Gasteiger partial charge in [-0.1, -0.05) is 138 Å². The highest BCUT2D eigenvalue weighted by Crippen LogP contribution is 2.10. The minimum Gasteiger partial charge on any atom is -0.550 e. The molecule has 6 nitrogen and oxygen atoms in total. The molecule has 0 aromatic heterocycles. The number of hydrogen-bond acceptors (Lipinski definition) is 4. The van der Waals surface area contributed by atoms with Crippen LogP contribution < -0.4 is 20.0 Å². The second-order valence-corrected chi connectivity index (χ2v) is 13.6. The van der Waals surface area contributed by atoms with Crippen molar-refractivity contribution in [2.24, 2.45) is 5.41 Å². The largest absolute Gasteiger partial charge is 0.550 e. The number of hydrogen-bond donors (Lipinski definition) is 2. The SMILES string of the molecule is CC(C)(C)C(=O)[O-].CCCCC(=O)[O-].CCCCCCCCCCCC[NH+](C)C.CCCCCCCCCC[NH+](C)C. The molecule has 0 aliphatic heterocycles. The fraction of sp³-hybridized carbons (Fsp3) is 0.944. The molecule has 0 bridgehead atoms. The highest BCUT2D eigenvalue weighted by molar-refractivity contribution is 5.70. The minimum atomic E-state index is -1.01. The van der Waals surface area contributed by atoms with E-state index in [1.807, 2.05) is 6.92 Å². The van der Waals surface area contributed by atoms with Crippen molar-refractivity contribution in [3.63, 3.8) is 0 Å². The molecule has 0 saturated heterocycles. The lowest BCUT2D eigenvalue weighted by Crippen LogP contribution is -3.05. The Hall–Kier alpha value is -1.14. The van der Waals surface area contributed by atoms with Crippen LogP contribution in [-0.4, -0.2) is 53.2 Å². The normalized spacial score (nSPS) is 10.8. The van der Waals surface area contributed by atoms with Gasteiger partial charge in [-0.3, -0.25) is 0 Å². The highest BCUT2D eigenvalue weighted by atomic mass is 16.4. The second kappa shape index (κ2) is 37.9. The van der Waals surface area contributed by atoms with E-state index in [4.69, 9.17) is 0 Å². The van der Waals surface area contributed by atoms with E-state index >= 15 is 0 Å². The third-order valence-corrected chi connectivity index (χ3v) is 6.91. The Morgan fingerprint density at radius 3 is 0.881 bits per heavy atom. The van der Waals surface area contributed by atoms with Crippen molar-refractivity contribution in [3.05, 3.63) is 0 Å². The smallest absolute Gasteiger partial charge is 0.0766 e. The van der Waals surface area contributed by atoms with E-state index in [9.17, 15) is 19.8 Å². The first-order valence-corrected chi connectivity index (χ1v) is 17.7. The summed E-state index contributed by atoms with van der Waals surface area (Å²) in [6, 6.07) is 0. The molecule has 0 aromatic rings. The van der Waals surface area contributed by atoms with Crippen molar-refractivity contribution < 1.29 is 29.6 Å². The van der Waals surface area contributed by atoms with Gasteiger partial charge in [0.15, 0.2) is 0 Å². The number of quaternary nitrogens is 2. The second-order valence-electron chi connectivity index (χ2n) is 13.6. The van der Waals surface area contributed by atoms with Crippen LogP contribution in [0.3, 0.4) is 0 Å². The molecule has 2 N–H and O–H groups in total. The Kier molecular flexibility index (Phi) is 43.1. The summed E-state index contributed by atoms with van der Waals surface area (Å²) in [5.41, 5.74) is -0.694. The molecule has 0 saturated carbocycles. The summed E-state index contributed by atoms with van der Waals surface area (Å²) in [5, 5.41) is 19.6. The number of carbonyl (C=O) groups excluding carboxylic acids is 2. The molecule has 42 heavy (non-hydrogen) atoms. The summed E-state index contributed by atoms with van der Waals surface area (Å²) in [5.74, 6) is -1.95. The predicted molar refractivity (Wildman–Crippen MR) is 179 cm³/mol. The zero-order valence-corrected chi connectivity index (χ0v) is 30.4. The molecule has 0 atom stereocenters. The van der Waals surface area contributed by atoms with E-state index in [0.29, 0.717) is 0 Å². The minimum absolute atomic E-state index is 0.205.